The summed E-state index contributed by atoms with van der Waals surface area (Å²) < 4.78 is 0. The minimum atomic E-state index is 0.986. The molecule has 0 aromatic heterocycles. The second-order valence-electron chi connectivity index (χ2n) is 1.75. The maximum Gasteiger partial charge on any atom is 0.0908 e. The Hall–Kier alpha value is -1.03. The first kappa shape index (κ1) is 7.97. The molecule has 0 radical (unpaired) electrons. The van der Waals surface area contributed by atoms with Crippen molar-refractivity contribution >= 4 is 0 Å². The standard InChI is InChI=1S/C8H11N/c1-2-3-4-5-6-7-8-9/h2,6-7H,1,3-5H2/b7-6+. The fourth-order valence-electron chi connectivity index (χ4n) is 0.516. The van der Waals surface area contributed by atoms with Crippen LogP contribution in [0.15, 0.2) is 24.8 Å². The predicted octanol–water partition coefficient (Wildman–Crippen LogP) is 2.42. The zero-order chi connectivity index (χ0) is 6.95. The topological polar surface area (TPSA) is 23.8 Å². The van der Waals surface area contributed by atoms with Crippen molar-refractivity contribution in [3.05, 3.63) is 24.8 Å². The zero-order valence-corrected chi connectivity index (χ0v) is 5.51. The fraction of sp³-hybridized carbons (Fsp3) is 0.375. The molecule has 0 amide bonds. The Morgan fingerprint density at radius 1 is 1.44 bits per heavy atom. The van der Waals surface area contributed by atoms with Gasteiger partial charge in [-0.2, -0.15) is 5.26 Å². The van der Waals surface area contributed by atoms with E-state index >= 15 is 0 Å². The van der Waals surface area contributed by atoms with Crippen LogP contribution in [0.1, 0.15) is 19.3 Å². The van der Waals surface area contributed by atoms with Gasteiger partial charge in [-0.25, -0.2) is 0 Å². The van der Waals surface area contributed by atoms with Crippen LogP contribution in [-0.2, 0) is 0 Å². The SMILES string of the molecule is C=CCCC/C=C/C#N. The predicted molar refractivity (Wildman–Crippen MR) is 38.8 cm³/mol. The van der Waals surface area contributed by atoms with Crippen LogP contribution >= 0.6 is 0 Å². The Labute approximate surface area is 56.3 Å². The van der Waals surface area contributed by atoms with Crippen molar-refractivity contribution < 1.29 is 0 Å². The van der Waals surface area contributed by atoms with Gasteiger partial charge in [-0.15, -0.1) is 6.58 Å². The maximum atomic E-state index is 8.07. The van der Waals surface area contributed by atoms with Gasteiger partial charge in [0.05, 0.1) is 6.07 Å². The van der Waals surface area contributed by atoms with Crippen LogP contribution in [-0.4, -0.2) is 0 Å². The lowest BCUT2D eigenvalue weighted by Gasteiger charge is -1.85. The van der Waals surface area contributed by atoms with E-state index in [0.717, 1.165) is 19.3 Å². The van der Waals surface area contributed by atoms with Gasteiger partial charge in [0.25, 0.3) is 0 Å². The second kappa shape index (κ2) is 6.97. The first-order valence-electron chi connectivity index (χ1n) is 3.07. The molecule has 48 valence electrons. The highest BCUT2D eigenvalue weighted by atomic mass is 14.2. The zero-order valence-electron chi connectivity index (χ0n) is 5.51. The van der Waals surface area contributed by atoms with E-state index in [9.17, 15) is 0 Å². The van der Waals surface area contributed by atoms with E-state index in [4.69, 9.17) is 5.26 Å². The molecular weight excluding hydrogens is 110 g/mol. The van der Waals surface area contributed by atoms with E-state index in [2.05, 4.69) is 6.58 Å². The van der Waals surface area contributed by atoms with Crippen molar-refractivity contribution in [2.45, 2.75) is 19.3 Å². The lowest BCUT2D eigenvalue weighted by atomic mass is 10.2. The summed E-state index contributed by atoms with van der Waals surface area (Å²) in [7, 11) is 0. The number of unbranched alkanes of at least 4 members (excludes halogenated alkanes) is 2. The van der Waals surface area contributed by atoms with E-state index in [1.165, 1.54) is 6.08 Å². The van der Waals surface area contributed by atoms with E-state index in [-0.39, 0.29) is 0 Å². The Balaban J connectivity index is 3.01. The van der Waals surface area contributed by atoms with Gasteiger partial charge in [-0.05, 0) is 19.3 Å². The van der Waals surface area contributed by atoms with Gasteiger partial charge in [0.2, 0.25) is 0 Å². The highest BCUT2D eigenvalue weighted by Gasteiger charge is 1.76. The van der Waals surface area contributed by atoms with E-state index in [1.807, 2.05) is 18.2 Å². The van der Waals surface area contributed by atoms with Gasteiger partial charge in [-0.3, -0.25) is 0 Å². The summed E-state index contributed by atoms with van der Waals surface area (Å²) in [6.45, 7) is 3.59. The Bertz CT molecular complexity index is 128. The van der Waals surface area contributed by atoms with Crippen LogP contribution in [0.4, 0.5) is 0 Å². The number of hydrogen-bond donors (Lipinski definition) is 0. The van der Waals surface area contributed by atoms with Gasteiger partial charge in [0, 0.05) is 6.08 Å². The van der Waals surface area contributed by atoms with E-state index in [0.29, 0.717) is 0 Å². The van der Waals surface area contributed by atoms with Gasteiger partial charge in [0.15, 0.2) is 0 Å². The third kappa shape index (κ3) is 6.97. The van der Waals surface area contributed by atoms with Gasteiger partial charge in [-0.1, -0.05) is 12.2 Å². The number of nitriles is 1. The molecule has 0 heterocycles. The average Bonchev–Trinajstić information content (AvgIpc) is 1.89. The minimum Gasteiger partial charge on any atom is -0.193 e. The molecule has 0 bridgehead atoms. The largest absolute Gasteiger partial charge is 0.193 e. The molecule has 0 saturated heterocycles. The molecule has 0 aliphatic rings. The highest BCUT2D eigenvalue weighted by Crippen LogP contribution is 1.95. The van der Waals surface area contributed by atoms with Crippen molar-refractivity contribution in [2.75, 3.05) is 0 Å². The molecule has 9 heavy (non-hydrogen) atoms. The third-order valence-corrected chi connectivity index (χ3v) is 0.971. The third-order valence-electron chi connectivity index (χ3n) is 0.971. The van der Waals surface area contributed by atoms with Crippen molar-refractivity contribution in [3.8, 4) is 6.07 Å². The molecular formula is C8H11N. The fourth-order valence-corrected chi connectivity index (χ4v) is 0.516. The van der Waals surface area contributed by atoms with Crippen LogP contribution in [0.5, 0.6) is 0 Å². The summed E-state index contributed by atoms with van der Waals surface area (Å²) in [5.41, 5.74) is 0. The smallest absolute Gasteiger partial charge is 0.0908 e. The molecule has 1 nitrogen and oxygen atoms in total. The summed E-state index contributed by atoms with van der Waals surface area (Å²) in [4.78, 5) is 0. The molecule has 0 aliphatic carbocycles. The molecule has 0 N–H and O–H groups in total. The summed E-state index contributed by atoms with van der Waals surface area (Å²) in [5, 5.41) is 8.07. The normalized spacial score (nSPS) is 9.22. The number of hydrogen-bond acceptors (Lipinski definition) is 1. The summed E-state index contributed by atoms with van der Waals surface area (Å²) in [6.07, 6.45) is 8.41. The van der Waals surface area contributed by atoms with Crippen molar-refractivity contribution in [2.24, 2.45) is 0 Å². The monoisotopic (exact) mass is 121 g/mol. The molecule has 0 spiro atoms. The molecule has 0 aromatic rings. The van der Waals surface area contributed by atoms with E-state index in [1.54, 1.807) is 0 Å². The second-order valence-corrected chi connectivity index (χ2v) is 1.75. The molecule has 0 aliphatic heterocycles. The van der Waals surface area contributed by atoms with Crippen LogP contribution in [0.3, 0.4) is 0 Å². The van der Waals surface area contributed by atoms with Crippen LogP contribution in [0.2, 0.25) is 0 Å². The molecule has 0 atom stereocenters. The first-order valence-corrected chi connectivity index (χ1v) is 3.07. The van der Waals surface area contributed by atoms with Crippen LogP contribution in [0.25, 0.3) is 0 Å². The molecule has 0 rings (SSSR count). The quantitative estimate of drug-likeness (QED) is 0.318. The van der Waals surface area contributed by atoms with Gasteiger partial charge < -0.3 is 0 Å². The summed E-state index contributed by atoms with van der Waals surface area (Å²) in [6, 6.07) is 1.94. The first-order chi connectivity index (χ1) is 4.41. The van der Waals surface area contributed by atoms with Crippen LogP contribution < -0.4 is 0 Å². The summed E-state index contributed by atoms with van der Waals surface area (Å²) >= 11 is 0. The number of allylic oxidation sites excluding steroid dienone is 3. The number of rotatable bonds is 4. The maximum absolute atomic E-state index is 8.07. The highest BCUT2D eigenvalue weighted by molar-refractivity contribution is 5.01. The molecule has 0 saturated carbocycles. The number of nitrogens with zero attached hydrogens (tertiary/aromatic N) is 1. The Morgan fingerprint density at radius 2 is 2.22 bits per heavy atom. The van der Waals surface area contributed by atoms with Crippen LogP contribution in [0, 0.1) is 11.3 Å². The lowest BCUT2D eigenvalue weighted by Crippen LogP contribution is -1.66. The molecule has 0 fully saturated rings. The van der Waals surface area contributed by atoms with Gasteiger partial charge in [0.1, 0.15) is 0 Å². The minimum absolute atomic E-state index is 0.986. The van der Waals surface area contributed by atoms with E-state index < -0.39 is 0 Å². The molecule has 1 heteroatoms. The summed E-state index contributed by atoms with van der Waals surface area (Å²) in [5.74, 6) is 0. The van der Waals surface area contributed by atoms with Crippen molar-refractivity contribution in [1.82, 2.24) is 0 Å². The lowest BCUT2D eigenvalue weighted by molar-refractivity contribution is 0.870. The molecule has 0 unspecified atom stereocenters. The molecule has 0 aromatic carbocycles. The Morgan fingerprint density at radius 3 is 2.78 bits per heavy atom. The van der Waals surface area contributed by atoms with Crippen molar-refractivity contribution in [3.63, 3.8) is 0 Å². The van der Waals surface area contributed by atoms with Crippen molar-refractivity contribution in [1.29, 1.82) is 5.26 Å². The Kier molecular flexibility index (Phi) is 6.17. The average molecular weight is 121 g/mol. The van der Waals surface area contributed by atoms with Gasteiger partial charge >= 0.3 is 0 Å².